The summed E-state index contributed by atoms with van der Waals surface area (Å²) in [6.45, 7) is 8.52. The van der Waals surface area contributed by atoms with Gasteiger partial charge in [-0.05, 0) is 37.5 Å². The van der Waals surface area contributed by atoms with Crippen LogP contribution in [0.5, 0.6) is 0 Å². The summed E-state index contributed by atoms with van der Waals surface area (Å²) >= 11 is 0. The molecule has 1 fully saturated rings. The van der Waals surface area contributed by atoms with Crippen LogP contribution in [0.1, 0.15) is 52.4 Å². The maximum atomic E-state index is 5.68. The van der Waals surface area contributed by atoms with Gasteiger partial charge in [-0.2, -0.15) is 0 Å². The maximum absolute atomic E-state index is 5.68. The summed E-state index contributed by atoms with van der Waals surface area (Å²) in [5.41, 5.74) is 0.423. The Hall–Kier alpha value is -0.120. The minimum Gasteiger partial charge on any atom is -0.383 e. The molecule has 1 saturated heterocycles. The number of methoxy groups -OCH3 is 1. The van der Waals surface area contributed by atoms with E-state index in [0.717, 1.165) is 26.3 Å². The standard InChI is InChI=1S/C15H31NO2/c1-4-15(2,13-16-10-12-17-3)9-5-7-14-8-6-11-18-14/h14,16H,4-13H2,1-3H3. The van der Waals surface area contributed by atoms with Crippen molar-refractivity contribution >= 4 is 0 Å². The van der Waals surface area contributed by atoms with E-state index in [1.807, 2.05) is 0 Å². The van der Waals surface area contributed by atoms with E-state index in [4.69, 9.17) is 9.47 Å². The number of nitrogens with one attached hydrogen (secondary N) is 1. The fourth-order valence-corrected chi connectivity index (χ4v) is 2.58. The summed E-state index contributed by atoms with van der Waals surface area (Å²) in [4.78, 5) is 0. The van der Waals surface area contributed by atoms with Gasteiger partial charge < -0.3 is 14.8 Å². The van der Waals surface area contributed by atoms with Crippen LogP contribution in [0.15, 0.2) is 0 Å². The lowest BCUT2D eigenvalue weighted by Gasteiger charge is -2.29. The van der Waals surface area contributed by atoms with E-state index in [-0.39, 0.29) is 0 Å². The zero-order chi connectivity index (χ0) is 13.3. The van der Waals surface area contributed by atoms with Crippen LogP contribution in [-0.2, 0) is 9.47 Å². The third kappa shape index (κ3) is 6.17. The van der Waals surface area contributed by atoms with Crippen molar-refractivity contribution in [3.8, 4) is 0 Å². The summed E-state index contributed by atoms with van der Waals surface area (Å²) in [5.74, 6) is 0. The van der Waals surface area contributed by atoms with Crippen molar-refractivity contribution in [2.75, 3.05) is 33.4 Å². The van der Waals surface area contributed by atoms with Crippen molar-refractivity contribution in [1.82, 2.24) is 5.32 Å². The minimum absolute atomic E-state index is 0.423. The van der Waals surface area contributed by atoms with Gasteiger partial charge >= 0.3 is 0 Å². The molecule has 0 radical (unpaired) electrons. The molecule has 1 rings (SSSR count). The van der Waals surface area contributed by atoms with Gasteiger partial charge in [0.1, 0.15) is 0 Å². The third-order valence-corrected chi connectivity index (χ3v) is 4.22. The summed E-state index contributed by atoms with van der Waals surface area (Å²) < 4.78 is 10.7. The normalized spacial score (nSPS) is 23.2. The van der Waals surface area contributed by atoms with E-state index in [1.54, 1.807) is 7.11 Å². The van der Waals surface area contributed by atoms with Crippen molar-refractivity contribution in [3.05, 3.63) is 0 Å². The molecule has 0 aliphatic carbocycles. The molecule has 18 heavy (non-hydrogen) atoms. The molecule has 2 atom stereocenters. The summed E-state index contributed by atoms with van der Waals surface area (Å²) in [7, 11) is 1.75. The van der Waals surface area contributed by atoms with Crippen molar-refractivity contribution in [2.24, 2.45) is 5.41 Å². The number of hydrogen-bond acceptors (Lipinski definition) is 3. The highest BCUT2D eigenvalue weighted by Gasteiger charge is 2.22. The molecule has 0 bridgehead atoms. The quantitative estimate of drug-likeness (QED) is 0.610. The van der Waals surface area contributed by atoms with Crippen LogP contribution in [0.2, 0.25) is 0 Å². The molecule has 0 aromatic carbocycles. The van der Waals surface area contributed by atoms with Crippen molar-refractivity contribution in [1.29, 1.82) is 0 Å². The Morgan fingerprint density at radius 1 is 1.44 bits per heavy atom. The lowest BCUT2D eigenvalue weighted by Crippen LogP contribution is -2.33. The first-order valence-electron chi connectivity index (χ1n) is 7.51. The molecule has 1 N–H and O–H groups in total. The average molecular weight is 257 g/mol. The van der Waals surface area contributed by atoms with Crippen LogP contribution in [-0.4, -0.2) is 39.5 Å². The van der Waals surface area contributed by atoms with Crippen molar-refractivity contribution in [3.63, 3.8) is 0 Å². The van der Waals surface area contributed by atoms with Crippen LogP contribution in [0.25, 0.3) is 0 Å². The lowest BCUT2D eigenvalue weighted by atomic mass is 9.82. The Morgan fingerprint density at radius 2 is 2.28 bits per heavy atom. The smallest absolute Gasteiger partial charge is 0.0587 e. The van der Waals surface area contributed by atoms with Gasteiger partial charge in [-0.15, -0.1) is 0 Å². The second kappa shape index (κ2) is 8.89. The van der Waals surface area contributed by atoms with Crippen LogP contribution >= 0.6 is 0 Å². The predicted octanol–water partition coefficient (Wildman–Crippen LogP) is 2.99. The van der Waals surface area contributed by atoms with Gasteiger partial charge in [-0.3, -0.25) is 0 Å². The van der Waals surface area contributed by atoms with Gasteiger partial charge in [-0.1, -0.05) is 20.3 Å². The molecular formula is C15H31NO2. The van der Waals surface area contributed by atoms with Gasteiger partial charge in [0.2, 0.25) is 0 Å². The van der Waals surface area contributed by atoms with Crippen LogP contribution in [0, 0.1) is 5.41 Å². The van der Waals surface area contributed by atoms with Gasteiger partial charge in [0.15, 0.2) is 0 Å². The first kappa shape index (κ1) is 15.9. The Kier molecular flexibility index (Phi) is 7.87. The molecule has 0 aromatic heterocycles. The van der Waals surface area contributed by atoms with Crippen LogP contribution in [0.4, 0.5) is 0 Å². The monoisotopic (exact) mass is 257 g/mol. The molecule has 0 amide bonds. The molecule has 3 nitrogen and oxygen atoms in total. The number of rotatable bonds is 10. The molecule has 1 heterocycles. The van der Waals surface area contributed by atoms with Crippen molar-refractivity contribution < 1.29 is 9.47 Å². The molecule has 108 valence electrons. The molecule has 0 saturated carbocycles. The van der Waals surface area contributed by atoms with Gasteiger partial charge in [-0.25, -0.2) is 0 Å². The van der Waals surface area contributed by atoms with E-state index in [0.29, 0.717) is 11.5 Å². The van der Waals surface area contributed by atoms with Gasteiger partial charge in [0.05, 0.1) is 12.7 Å². The molecule has 0 aromatic rings. The molecule has 3 heteroatoms. The van der Waals surface area contributed by atoms with Gasteiger partial charge in [0.25, 0.3) is 0 Å². The fourth-order valence-electron chi connectivity index (χ4n) is 2.58. The summed E-state index contributed by atoms with van der Waals surface area (Å²) in [6, 6.07) is 0. The van der Waals surface area contributed by atoms with E-state index < -0.39 is 0 Å². The number of hydrogen-bond donors (Lipinski definition) is 1. The van der Waals surface area contributed by atoms with E-state index in [9.17, 15) is 0 Å². The fraction of sp³-hybridized carbons (Fsp3) is 1.00. The SMILES string of the molecule is CCC(C)(CCCC1CCCO1)CNCCOC. The first-order valence-corrected chi connectivity index (χ1v) is 7.51. The van der Waals surface area contributed by atoms with Gasteiger partial charge in [0, 0.05) is 26.8 Å². The second-order valence-corrected chi connectivity index (χ2v) is 5.86. The summed E-state index contributed by atoms with van der Waals surface area (Å²) in [6.07, 6.45) is 8.15. The maximum Gasteiger partial charge on any atom is 0.0587 e. The number of ether oxygens (including phenoxy) is 2. The molecule has 1 aliphatic rings. The third-order valence-electron chi connectivity index (χ3n) is 4.22. The summed E-state index contributed by atoms with van der Waals surface area (Å²) in [5, 5.41) is 3.50. The Labute approximate surface area is 113 Å². The zero-order valence-corrected chi connectivity index (χ0v) is 12.5. The Balaban J connectivity index is 2.12. The minimum atomic E-state index is 0.423. The lowest BCUT2D eigenvalue weighted by molar-refractivity contribution is 0.0974. The predicted molar refractivity (Wildman–Crippen MR) is 76.0 cm³/mol. The topological polar surface area (TPSA) is 30.5 Å². The first-order chi connectivity index (χ1) is 8.70. The molecular weight excluding hydrogens is 226 g/mol. The molecule has 0 spiro atoms. The second-order valence-electron chi connectivity index (χ2n) is 5.86. The van der Waals surface area contributed by atoms with Crippen LogP contribution in [0.3, 0.4) is 0 Å². The molecule has 1 aliphatic heterocycles. The van der Waals surface area contributed by atoms with Crippen LogP contribution < -0.4 is 5.32 Å². The highest BCUT2D eigenvalue weighted by Crippen LogP contribution is 2.29. The van der Waals surface area contributed by atoms with E-state index in [2.05, 4.69) is 19.2 Å². The van der Waals surface area contributed by atoms with Crippen molar-refractivity contribution in [2.45, 2.75) is 58.5 Å². The highest BCUT2D eigenvalue weighted by molar-refractivity contribution is 4.76. The highest BCUT2D eigenvalue weighted by atomic mass is 16.5. The largest absolute Gasteiger partial charge is 0.383 e. The van der Waals surface area contributed by atoms with E-state index >= 15 is 0 Å². The van der Waals surface area contributed by atoms with E-state index in [1.165, 1.54) is 38.5 Å². The Morgan fingerprint density at radius 3 is 2.89 bits per heavy atom. The Bertz CT molecular complexity index is 205. The average Bonchev–Trinajstić information content (AvgIpc) is 2.88. The zero-order valence-electron chi connectivity index (χ0n) is 12.5. The molecule has 2 unspecified atom stereocenters.